The fourth-order valence-electron chi connectivity index (χ4n) is 2.21. The molecule has 0 aliphatic carbocycles. The Morgan fingerprint density at radius 1 is 1.24 bits per heavy atom. The summed E-state index contributed by atoms with van der Waals surface area (Å²) in [6.07, 6.45) is 3.82. The zero-order chi connectivity index (χ0) is 11.7. The Bertz CT molecular complexity index is 426. The largest absolute Gasteiger partial charge is 0.296 e. The van der Waals surface area contributed by atoms with Crippen LogP contribution in [0.15, 0.2) is 5.16 Å². The van der Waals surface area contributed by atoms with Gasteiger partial charge >= 0.3 is 0 Å². The molecule has 6 nitrogen and oxygen atoms in total. The summed E-state index contributed by atoms with van der Waals surface area (Å²) in [5, 5.41) is 9.04. The first-order valence-electron chi connectivity index (χ1n) is 5.92. The number of carbonyl (C=O) groups excluding carboxylic acids is 1. The number of carbonyl (C=O) groups is 1. The summed E-state index contributed by atoms with van der Waals surface area (Å²) in [7, 11) is 0. The van der Waals surface area contributed by atoms with Crippen molar-refractivity contribution in [3.63, 3.8) is 0 Å². The minimum absolute atomic E-state index is 0.0159. The van der Waals surface area contributed by atoms with Gasteiger partial charge in [-0.3, -0.25) is 15.1 Å². The van der Waals surface area contributed by atoms with E-state index >= 15 is 0 Å². The van der Waals surface area contributed by atoms with Crippen molar-refractivity contribution in [2.75, 3.05) is 24.3 Å². The minimum atomic E-state index is 0.0159. The van der Waals surface area contributed by atoms with Gasteiger partial charge in [0.25, 0.3) is 0 Å². The Morgan fingerprint density at radius 2 is 2.06 bits per heavy atom. The first-order valence-corrected chi connectivity index (χ1v) is 6.91. The van der Waals surface area contributed by atoms with Gasteiger partial charge in [-0.05, 0) is 25.9 Å². The predicted octanol–water partition coefficient (Wildman–Crippen LogP) is 0.440. The molecule has 0 atom stereocenters. The third-order valence-electron chi connectivity index (χ3n) is 3.08. The summed E-state index contributed by atoms with van der Waals surface area (Å²) in [5.41, 5.74) is 2.80. The van der Waals surface area contributed by atoms with E-state index in [9.17, 15) is 4.79 Å². The summed E-state index contributed by atoms with van der Waals surface area (Å²) in [4.78, 5) is 13.7. The summed E-state index contributed by atoms with van der Waals surface area (Å²) < 4.78 is 1.73. The average Bonchev–Trinajstić information content (AvgIpc) is 2.73. The molecular weight excluding hydrogens is 238 g/mol. The highest BCUT2D eigenvalue weighted by molar-refractivity contribution is 7.99. The minimum Gasteiger partial charge on any atom is -0.296 e. The summed E-state index contributed by atoms with van der Waals surface area (Å²) in [6, 6.07) is 0. The van der Waals surface area contributed by atoms with Crippen molar-refractivity contribution in [1.82, 2.24) is 19.8 Å². The molecule has 0 unspecified atom stereocenters. The van der Waals surface area contributed by atoms with Gasteiger partial charge in [-0.15, -0.1) is 10.2 Å². The number of likely N-dealkylation sites (tertiary alicyclic amines) is 1. The van der Waals surface area contributed by atoms with Gasteiger partial charge in [0.2, 0.25) is 11.1 Å². The molecule has 1 aromatic heterocycles. The fraction of sp³-hybridized carbons (Fsp3) is 0.700. The third kappa shape index (κ3) is 2.30. The van der Waals surface area contributed by atoms with E-state index in [4.69, 9.17) is 0 Å². The first-order chi connectivity index (χ1) is 8.33. The second-order valence-electron chi connectivity index (χ2n) is 4.39. The molecule has 1 fully saturated rings. The number of aromatic nitrogens is 3. The van der Waals surface area contributed by atoms with Crippen LogP contribution in [-0.4, -0.2) is 44.5 Å². The van der Waals surface area contributed by atoms with Gasteiger partial charge < -0.3 is 0 Å². The van der Waals surface area contributed by atoms with Crippen LogP contribution in [0.3, 0.4) is 0 Å². The summed E-state index contributed by atoms with van der Waals surface area (Å²) in [6.45, 7) is 3.00. The molecule has 0 bridgehead atoms. The van der Waals surface area contributed by atoms with E-state index in [-0.39, 0.29) is 5.91 Å². The van der Waals surface area contributed by atoms with E-state index in [0.717, 1.165) is 30.6 Å². The number of hydrogen-bond donors (Lipinski definition) is 1. The maximum Gasteiger partial charge on any atom is 0.249 e. The predicted molar refractivity (Wildman–Crippen MR) is 64.2 cm³/mol. The van der Waals surface area contributed by atoms with E-state index in [2.05, 4.69) is 20.5 Å². The zero-order valence-corrected chi connectivity index (χ0v) is 10.4. The fourth-order valence-corrected chi connectivity index (χ4v) is 2.92. The van der Waals surface area contributed by atoms with Crippen molar-refractivity contribution in [3.05, 3.63) is 5.82 Å². The first kappa shape index (κ1) is 11.0. The molecule has 0 spiro atoms. The van der Waals surface area contributed by atoms with Crippen molar-refractivity contribution in [2.45, 2.75) is 31.0 Å². The lowest BCUT2D eigenvalue weighted by atomic mass is 10.1. The molecule has 7 heteroatoms. The lowest BCUT2D eigenvalue weighted by Crippen LogP contribution is -2.34. The van der Waals surface area contributed by atoms with Crippen LogP contribution in [0.4, 0.5) is 0 Å². The number of hydrogen-bond acceptors (Lipinski definition) is 5. The van der Waals surface area contributed by atoms with Crippen molar-refractivity contribution in [3.8, 4) is 0 Å². The number of amides is 1. The molecule has 3 heterocycles. The Balaban J connectivity index is 1.74. The molecule has 17 heavy (non-hydrogen) atoms. The number of nitrogens with zero attached hydrogens (tertiary/aromatic N) is 4. The molecule has 1 amide bonds. The zero-order valence-electron chi connectivity index (χ0n) is 9.56. The Labute approximate surface area is 104 Å². The maximum atomic E-state index is 11.3. The van der Waals surface area contributed by atoms with Gasteiger partial charge in [0, 0.05) is 0 Å². The van der Waals surface area contributed by atoms with Crippen molar-refractivity contribution < 1.29 is 4.79 Å². The van der Waals surface area contributed by atoms with Gasteiger partial charge in [0.1, 0.15) is 0 Å². The van der Waals surface area contributed by atoms with Crippen molar-refractivity contribution in [1.29, 1.82) is 0 Å². The van der Waals surface area contributed by atoms with Gasteiger partial charge in [0.05, 0.1) is 12.3 Å². The van der Waals surface area contributed by atoms with E-state index in [1.54, 1.807) is 4.68 Å². The average molecular weight is 253 g/mol. The second kappa shape index (κ2) is 4.66. The molecular formula is C10H15N5OS. The standard InChI is InChI=1S/C10H15N5OS/c16-9-7-17-10-12-11-8(15(10)13-9)6-14-4-2-1-3-5-14/h1-7H2,(H,13,16). The second-order valence-corrected chi connectivity index (χ2v) is 5.34. The van der Waals surface area contributed by atoms with Crippen LogP contribution >= 0.6 is 11.8 Å². The molecule has 1 saturated heterocycles. The molecule has 1 N–H and O–H groups in total. The molecule has 3 rings (SSSR count). The highest BCUT2D eigenvalue weighted by atomic mass is 32.2. The molecule has 0 radical (unpaired) electrons. The molecule has 2 aliphatic heterocycles. The Morgan fingerprint density at radius 3 is 2.88 bits per heavy atom. The molecule has 2 aliphatic rings. The number of fused-ring (bicyclic) bond motifs is 1. The lowest BCUT2D eigenvalue weighted by molar-refractivity contribution is -0.115. The van der Waals surface area contributed by atoms with Crippen LogP contribution in [0, 0.1) is 0 Å². The summed E-state index contributed by atoms with van der Waals surface area (Å²) in [5.74, 6) is 1.28. The van der Waals surface area contributed by atoms with E-state index in [1.807, 2.05) is 0 Å². The van der Waals surface area contributed by atoms with Crippen LogP contribution in [0.5, 0.6) is 0 Å². The van der Waals surface area contributed by atoms with Gasteiger partial charge in [-0.1, -0.05) is 18.2 Å². The maximum absolute atomic E-state index is 11.3. The molecule has 1 aromatic rings. The number of piperidine rings is 1. The van der Waals surface area contributed by atoms with Crippen LogP contribution in [0.1, 0.15) is 25.1 Å². The van der Waals surface area contributed by atoms with Crippen molar-refractivity contribution >= 4 is 17.7 Å². The van der Waals surface area contributed by atoms with E-state index in [0.29, 0.717) is 5.75 Å². The van der Waals surface area contributed by atoms with Gasteiger partial charge in [-0.25, -0.2) is 4.68 Å². The summed E-state index contributed by atoms with van der Waals surface area (Å²) >= 11 is 1.44. The Hall–Kier alpha value is -1.08. The third-order valence-corrected chi connectivity index (χ3v) is 4.01. The van der Waals surface area contributed by atoms with Gasteiger partial charge in [-0.2, -0.15) is 0 Å². The highest BCUT2D eigenvalue weighted by Gasteiger charge is 2.22. The molecule has 0 aromatic carbocycles. The van der Waals surface area contributed by atoms with Crippen LogP contribution in [0.25, 0.3) is 0 Å². The number of nitrogens with one attached hydrogen (secondary N) is 1. The van der Waals surface area contributed by atoms with Crippen LogP contribution in [-0.2, 0) is 11.3 Å². The smallest absolute Gasteiger partial charge is 0.249 e. The SMILES string of the molecule is O=C1CSc2nnc(CN3CCCCC3)n2N1. The Kier molecular flexibility index (Phi) is 3.02. The van der Waals surface area contributed by atoms with E-state index in [1.165, 1.54) is 31.0 Å². The van der Waals surface area contributed by atoms with E-state index < -0.39 is 0 Å². The van der Waals surface area contributed by atoms with Crippen molar-refractivity contribution in [2.24, 2.45) is 0 Å². The quantitative estimate of drug-likeness (QED) is 0.828. The highest BCUT2D eigenvalue weighted by Crippen LogP contribution is 2.20. The number of rotatable bonds is 2. The topological polar surface area (TPSA) is 63.1 Å². The van der Waals surface area contributed by atoms with Crippen LogP contribution < -0.4 is 5.43 Å². The molecule has 92 valence electrons. The lowest BCUT2D eigenvalue weighted by Gasteiger charge is -2.26. The monoisotopic (exact) mass is 253 g/mol. The number of thioether (sulfide) groups is 1. The molecule has 0 saturated carbocycles. The van der Waals surface area contributed by atoms with Gasteiger partial charge in [0.15, 0.2) is 5.82 Å². The van der Waals surface area contributed by atoms with Crippen LogP contribution in [0.2, 0.25) is 0 Å². The normalized spacial score (nSPS) is 21.1.